The number of ether oxygens (including phenoxy) is 1. The number of aryl methyl sites for hydroxylation is 1. The Morgan fingerprint density at radius 2 is 2.21 bits per heavy atom. The number of benzene rings is 1. The van der Waals surface area contributed by atoms with Gasteiger partial charge < -0.3 is 9.84 Å². The molecule has 0 spiro atoms. The van der Waals surface area contributed by atoms with E-state index in [0.717, 1.165) is 0 Å². The number of carboxylic acid groups (broad SMARTS) is 1. The highest BCUT2D eigenvalue weighted by Gasteiger charge is 2.13. The normalized spacial score (nSPS) is 10.7. The van der Waals surface area contributed by atoms with Crippen molar-refractivity contribution in [3.63, 3.8) is 0 Å². The van der Waals surface area contributed by atoms with Crippen LogP contribution in [-0.2, 0) is 18.4 Å². The molecular weight excluding hydrogens is 251 g/mol. The molecule has 0 saturated carbocycles. The minimum atomic E-state index is -1.11. The summed E-state index contributed by atoms with van der Waals surface area (Å²) in [5.74, 6) is -1.50. The van der Waals surface area contributed by atoms with E-state index in [1.165, 1.54) is 23.9 Å². The molecule has 6 heteroatoms. The predicted octanol–water partition coefficient (Wildman–Crippen LogP) is 2.07. The Kier molecular flexibility index (Phi) is 3.62. The molecule has 19 heavy (non-hydrogen) atoms. The van der Waals surface area contributed by atoms with Crippen LogP contribution in [0.15, 0.2) is 24.3 Å². The van der Waals surface area contributed by atoms with Crippen LogP contribution in [0.1, 0.15) is 16.1 Å². The molecule has 0 aliphatic heterocycles. The van der Waals surface area contributed by atoms with Gasteiger partial charge in [0.05, 0.1) is 12.3 Å². The van der Waals surface area contributed by atoms with Crippen molar-refractivity contribution < 1.29 is 19.0 Å². The van der Waals surface area contributed by atoms with Crippen LogP contribution in [-0.4, -0.2) is 28.0 Å². The Bertz CT molecular complexity index is 622. The lowest BCUT2D eigenvalue weighted by Gasteiger charge is -2.05. The van der Waals surface area contributed by atoms with E-state index in [1.807, 2.05) is 0 Å². The summed E-state index contributed by atoms with van der Waals surface area (Å²) < 4.78 is 20.1. The van der Waals surface area contributed by atoms with Crippen molar-refractivity contribution in [2.45, 2.75) is 6.61 Å². The fraction of sp³-hybridized carbons (Fsp3) is 0.231. The predicted molar refractivity (Wildman–Crippen MR) is 66.3 cm³/mol. The molecule has 0 aliphatic carbocycles. The monoisotopic (exact) mass is 264 g/mol. The van der Waals surface area contributed by atoms with Crippen LogP contribution in [0.3, 0.4) is 0 Å². The zero-order valence-electron chi connectivity index (χ0n) is 10.6. The van der Waals surface area contributed by atoms with Gasteiger partial charge in [0.15, 0.2) is 5.69 Å². The zero-order chi connectivity index (χ0) is 14.0. The summed E-state index contributed by atoms with van der Waals surface area (Å²) in [6, 6.07) is 6.08. The molecule has 1 N–H and O–H groups in total. The topological polar surface area (TPSA) is 64.3 Å². The average molecular weight is 264 g/mol. The number of rotatable bonds is 4. The van der Waals surface area contributed by atoms with Gasteiger partial charge in [-0.25, -0.2) is 9.18 Å². The van der Waals surface area contributed by atoms with Gasteiger partial charge in [-0.3, -0.25) is 4.68 Å². The first-order valence-electron chi connectivity index (χ1n) is 5.58. The van der Waals surface area contributed by atoms with Crippen molar-refractivity contribution >= 4 is 5.97 Å². The quantitative estimate of drug-likeness (QED) is 0.918. The van der Waals surface area contributed by atoms with Crippen LogP contribution in [0.25, 0.3) is 11.3 Å². The first kappa shape index (κ1) is 13.2. The number of aromatic nitrogens is 2. The molecule has 0 aliphatic rings. The molecule has 5 nitrogen and oxygen atoms in total. The van der Waals surface area contributed by atoms with Crippen LogP contribution in [0.4, 0.5) is 4.39 Å². The van der Waals surface area contributed by atoms with Gasteiger partial charge in [0.25, 0.3) is 0 Å². The molecule has 2 rings (SSSR count). The lowest BCUT2D eigenvalue weighted by Crippen LogP contribution is -1.99. The van der Waals surface area contributed by atoms with E-state index in [9.17, 15) is 9.18 Å². The third kappa shape index (κ3) is 2.63. The van der Waals surface area contributed by atoms with Crippen molar-refractivity contribution in [2.75, 3.05) is 7.11 Å². The molecule has 1 aromatic carbocycles. The number of methoxy groups -OCH3 is 1. The van der Waals surface area contributed by atoms with Crippen molar-refractivity contribution in [1.82, 2.24) is 9.78 Å². The van der Waals surface area contributed by atoms with Crippen molar-refractivity contribution in [3.8, 4) is 11.3 Å². The average Bonchev–Trinajstić information content (AvgIpc) is 2.74. The lowest BCUT2D eigenvalue weighted by atomic mass is 10.1. The second kappa shape index (κ2) is 5.19. The number of carboxylic acids is 1. The number of nitrogens with zero attached hydrogens (tertiary/aromatic N) is 2. The van der Waals surface area contributed by atoms with E-state index in [2.05, 4.69) is 5.10 Å². The van der Waals surface area contributed by atoms with Crippen LogP contribution in [0, 0.1) is 5.82 Å². The number of halogens is 1. The fourth-order valence-electron chi connectivity index (χ4n) is 1.82. The Morgan fingerprint density at radius 3 is 2.74 bits per heavy atom. The molecule has 0 radical (unpaired) electrons. The zero-order valence-corrected chi connectivity index (χ0v) is 10.6. The first-order chi connectivity index (χ1) is 9.02. The molecule has 1 aromatic heterocycles. The van der Waals surface area contributed by atoms with Crippen LogP contribution in [0.5, 0.6) is 0 Å². The largest absolute Gasteiger partial charge is 0.476 e. The summed E-state index contributed by atoms with van der Waals surface area (Å²) in [6.45, 7) is 0.192. The first-order valence-corrected chi connectivity index (χ1v) is 5.58. The van der Waals surface area contributed by atoms with Gasteiger partial charge in [-0.05, 0) is 12.1 Å². The van der Waals surface area contributed by atoms with E-state index in [-0.39, 0.29) is 12.3 Å². The molecule has 0 saturated heterocycles. The smallest absolute Gasteiger partial charge is 0.356 e. The van der Waals surface area contributed by atoms with E-state index < -0.39 is 11.8 Å². The Hall–Kier alpha value is -2.21. The molecular formula is C13H13FN2O3. The van der Waals surface area contributed by atoms with E-state index in [1.54, 1.807) is 19.2 Å². The molecule has 0 amide bonds. The maximum Gasteiger partial charge on any atom is 0.356 e. The highest BCUT2D eigenvalue weighted by Crippen LogP contribution is 2.23. The standard InChI is InChI=1S/C13H13FN2O3/c1-16-12(6-11(15-16)13(17)18)8-3-4-9(7-19-2)10(14)5-8/h3-6H,7H2,1-2H3,(H,17,18). The molecule has 0 atom stereocenters. The Balaban J connectivity index is 2.42. The van der Waals surface area contributed by atoms with Gasteiger partial charge in [0.2, 0.25) is 0 Å². The van der Waals surface area contributed by atoms with Crippen LogP contribution in [0.2, 0.25) is 0 Å². The Morgan fingerprint density at radius 1 is 1.47 bits per heavy atom. The summed E-state index contributed by atoms with van der Waals surface area (Å²) >= 11 is 0. The van der Waals surface area contributed by atoms with Crippen molar-refractivity contribution in [3.05, 3.63) is 41.3 Å². The van der Waals surface area contributed by atoms with E-state index >= 15 is 0 Å². The van der Waals surface area contributed by atoms with Gasteiger partial charge in [-0.2, -0.15) is 5.10 Å². The molecule has 100 valence electrons. The molecule has 1 heterocycles. The third-order valence-corrected chi connectivity index (χ3v) is 2.75. The third-order valence-electron chi connectivity index (χ3n) is 2.75. The summed E-state index contributed by atoms with van der Waals surface area (Å²) in [6.07, 6.45) is 0. The van der Waals surface area contributed by atoms with Crippen molar-refractivity contribution in [2.24, 2.45) is 7.05 Å². The highest BCUT2D eigenvalue weighted by atomic mass is 19.1. The molecule has 0 fully saturated rings. The maximum absolute atomic E-state index is 13.8. The summed E-state index contributed by atoms with van der Waals surface area (Å²) in [7, 11) is 3.11. The van der Waals surface area contributed by atoms with Crippen LogP contribution >= 0.6 is 0 Å². The molecule has 0 unspecified atom stereocenters. The van der Waals surface area contributed by atoms with Gasteiger partial charge in [0.1, 0.15) is 5.82 Å². The molecule has 0 bridgehead atoms. The number of carbonyl (C=O) groups is 1. The van der Waals surface area contributed by atoms with Gasteiger partial charge in [-0.15, -0.1) is 0 Å². The second-order valence-electron chi connectivity index (χ2n) is 4.08. The SMILES string of the molecule is COCc1ccc(-c2cc(C(=O)O)nn2C)cc1F. The van der Waals surface area contributed by atoms with Crippen molar-refractivity contribution in [1.29, 1.82) is 0 Å². The number of aromatic carboxylic acids is 1. The lowest BCUT2D eigenvalue weighted by molar-refractivity contribution is 0.0689. The van der Waals surface area contributed by atoms with E-state index in [0.29, 0.717) is 16.8 Å². The second-order valence-corrected chi connectivity index (χ2v) is 4.08. The van der Waals surface area contributed by atoms with Gasteiger partial charge in [-0.1, -0.05) is 12.1 Å². The summed E-state index contributed by atoms with van der Waals surface area (Å²) in [4.78, 5) is 10.8. The van der Waals surface area contributed by atoms with Gasteiger partial charge in [0, 0.05) is 25.3 Å². The fourth-order valence-corrected chi connectivity index (χ4v) is 1.82. The highest BCUT2D eigenvalue weighted by molar-refractivity contribution is 5.87. The molecule has 2 aromatic rings. The van der Waals surface area contributed by atoms with E-state index in [4.69, 9.17) is 9.84 Å². The minimum absolute atomic E-state index is 0.0705. The number of hydrogen-bond acceptors (Lipinski definition) is 3. The number of hydrogen-bond donors (Lipinski definition) is 1. The Labute approximate surface area is 109 Å². The summed E-state index contributed by atoms with van der Waals surface area (Å²) in [5.41, 5.74) is 1.49. The van der Waals surface area contributed by atoms with Gasteiger partial charge >= 0.3 is 5.97 Å². The summed E-state index contributed by atoms with van der Waals surface area (Å²) in [5, 5.41) is 12.7. The van der Waals surface area contributed by atoms with Crippen LogP contribution < -0.4 is 0 Å². The minimum Gasteiger partial charge on any atom is -0.476 e. The maximum atomic E-state index is 13.8.